The van der Waals surface area contributed by atoms with Gasteiger partial charge in [-0.2, -0.15) is 5.10 Å². The van der Waals surface area contributed by atoms with E-state index in [0.29, 0.717) is 22.7 Å². The van der Waals surface area contributed by atoms with Gasteiger partial charge in [0.15, 0.2) is 17.2 Å². The van der Waals surface area contributed by atoms with Crippen molar-refractivity contribution in [1.29, 1.82) is 0 Å². The SMILES string of the molecule is O=C(Cc1ccccc1)Nc1nc(-c2cccs2)nc2cn(-c3ccccc3)nc12. The van der Waals surface area contributed by atoms with Crippen LogP contribution in [0.2, 0.25) is 0 Å². The first-order valence-electron chi connectivity index (χ1n) is 9.47. The normalized spacial score (nSPS) is 10.9. The average molecular weight is 411 g/mol. The summed E-state index contributed by atoms with van der Waals surface area (Å²) in [5.74, 6) is 0.840. The van der Waals surface area contributed by atoms with E-state index in [9.17, 15) is 4.79 Å². The van der Waals surface area contributed by atoms with Gasteiger partial charge in [-0.15, -0.1) is 11.3 Å². The zero-order valence-electron chi connectivity index (χ0n) is 15.9. The molecule has 1 N–H and O–H groups in total. The molecular formula is C23H17N5OS. The van der Waals surface area contributed by atoms with Gasteiger partial charge < -0.3 is 5.32 Å². The van der Waals surface area contributed by atoms with E-state index >= 15 is 0 Å². The molecule has 0 aliphatic rings. The number of aromatic nitrogens is 4. The van der Waals surface area contributed by atoms with Crippen LogP contribution in [0.4, 0.5) is 5.82 Å². The van der Waals surface area contributed by atoms with Gasteiger partial charge in [-0.3, -0.25) is 4.79 Å². The van der Waals surface area contributed by atoms with Crippen LogP contribution in [0, 0.1) is 0 Å². The highest BCUT2D eigenvalue weighted by atomic mass is 32.1. The first-order chi connectivity index (χ1) is 14.8. The zero-order chi connectivity index (χ0) is 20.3. The molecule has 0 saturated heterocycles. The number of thiophene rings is 1. The van der Waals surface area contributed by atoms with Crippen LogP contribution in [-0.4, -0.2) is 25.7 Å². The van der Waals surface area contributed by atoms with Gasteiger partial charge in [0.05, 0.1) is 23.2 Å². The fourth-order valence-electron chi connectivity index (χ4n) is 3.19. The van der Waals surface area contributed by atoms with Crippen LogP contribution in [0.25, 0.3) is 27.4 Å². The van der Waals surface area contributed by atoms with Crippen molar-refractivity contribution in [1.82, 2.24) is 19.7 Å². The molecule has 0 aliphatic carbocycles. The van der Waals surface area contributed by atoms with Crippen molar-refractivity contribution in [3.63, 3.8) is 0 Å². The van der Waals surface area contributed by atoms with E-state index in [1.807, 2.05) is 84.4 Å². The monoisotopic (exact) mass is 411 g/mol. The summed E-state index contributed by atoms with van der Waals surface area (Å²) in [4.78, 5) is 22.9. The van der Waals surface area contributed by atoms with Crippen molar-refractivity contribution >= 4 is 34.1 Å². The molecule has 5 rings (SSSR count). The number of carbonyl (C=O) groups excluding carboxylic acids is 1. The van der Waals surface area contributed by atoms with Crippen molar-refractivity contribution in [3.05, 3.63) is 89.9 Å². The molecular weight excluding hydrogens is 394 g/mol. The minimum Gasteiger partial charge on any atom is -0.308 e. The number of nitrogens with one attached hydrogen (secondary N) is 1. The third-order valence-corrected chi connectivity index (χ3v) is 5.46. The minimum absolute atomic E-state index is 0.146. The van der Waals surface area contributed by atoms with E-state index in [0.717, 1.165) is 16.1 Å². The number of nitrogens with zero attached hydrogens (tertiary/aromatic N) is 4. The highest BCUT2D eigenvalue weighted by Gasteiger charge is 2.16. The van der Waals surface area contributed by atoms with Crippen molar-refractivity contribution < 1.29 is 4.79 Å². The lowest BCUT2D eigenvalue weighted by atomic mass is 10.1. The lowest BCUT2D eigenvalue weighted by molar-refractivity contribution is -0.115. The number of rotatable bonds is 5. The second-order valence-corrected chi connectivity index (χ2v) is 7.67. The Labute approximate surface area is 176 Å². The van der Waals surface area contributed by atoms with Crippen molar-refractivity contribution in [2.24, 2.45) is 0 Å². The molecule has 2 aromatic carbocycles. The van der Waals surface area contributed by atoms with E-state index < -0.39 is 0 Å². The molecule has 0 aliphatic heterocycles. The quantitative estimate of drug-likeness (QED) is 0.454. The highest BCUT2D eigenvalue weighted by molar-refractivity contribution is 7.13. The van der Waals surface area contributed by atoms with Crippen molar-refractivity contribution in [2.45, 2.75) is 6.42 Å². The van der Waals surface area contributed by atoms with Gasteiger partial charge in [0.25, 0.3) is 0 Å². The summed E-state index contributed by atoms with van der Waals surface area (Å²) in [6.07, 6.45) is 2.12. The van der Waals surface area contributed by atoms with Gasteiger partial charge in [0.1, 0.15) is 5.52 Å². The topological polar surface area (TPSA) is 72.7 Å². The Morgan fingerprint density at radius 1 is 0.933 bits per heavy atom. The molecule has 5 aromatic rings. The van der Waals surface area contributed by atoms with Crippen LogP contribution < -0.4 is 5.32 Å². The molecule has 0 saturated carbocycles. The molecule has 30 heavy (non-hydrogen) atoms. The standard InChI is InChI=1S/C23H17N5OS/c29-20(14-16-8-3-1-4-9-16)25-23-21-18(24-22(26-23)19-12-7-13-30-19)15-28(27-21)17-10-5-2-6-11-17/h1-13,15H,14H2,(H,24,25,26,29). The van der Waals surface area contributed by atoms with E-state index in [2.05, 4.69) is 20.4 Å². The summed E-state index contributed by atoms with van der Waals surface area (Å²) in [5.41, 5.74) is 3.08. The third kappa shape index (κ3) is 3.70. The van der Waals surface area contributed by atoms with Gasteiger partial charge in [-0.05, 0) is 29.1 Å². The van der Waals surface area contributed by atoms with E-state index in [-0.39, 0.29) is 12.3 Å². The maximum atomic E-state index is 12.7. The molecule has 0 spiro atoms. The summed E-state index contributed by atoms with van der Waals surface area (Å²) < 4.78 is 1.75. The first kappa shape index (κ1) is 18.2. The van der Waals surface area contributed by atoms with Crippen LogP contribution >= 0.6 is 11.3 Å². The maximum Gasteiger partial charge on any atom is 0.230 e. The Bertz CT molecular complexity index is 1300. The number of hydrogen-bond donors (Lipinski definition) is 1. The number of para-hydroxylation sites is 1. The molecule has 0 fully saturated rings. The fourth-order valence-corrected chi connectivity index (χ4v) is 3.84. The number of amides is 1. The van der Waals surface area contributed by atoms with Gasteiger partial charge in [0.2, 0.25) is 5.91 Å². The first-order valence-corrected chi connectivity index (χ1v) is 10.3. The minimum atomic E-state index is -0.146. The maximum absolute atomic E-state index is 12.7. The second-order valence-electron chi connectivity index (χ2n) is 6.73. The second kappa shape index (κ2) is 7.88. The molecule has 1 amide bonds. The Balaban J connectivity index is 1.56. The molecule has 6 nitrogen and oxygen atoms in total. The van der Waals surface area contributed by atoms with Gasteiger partial charge in [-0.25, -0.2) is 14.6 Å². The Morgan fingerprint density at radius 2 is 1.70 bits per heavy atom. The van der Waals surface area contributed by atoms with E-state index in [4.69, 9.17) is 0 Å². The summed E-state index contributed by atoms with van der Waals surface area (Å²) in [7, 11) is 0. The summed E-state index contributed by atoms with van der Waals surface area (Å²) in [5, 5.41) is 9.56. The van der Waals surface area contributed by atoms with Crippen LogP contribution in [-0.2, 0) is 11.2 Å². The van der Waals surface area contributed by atoms with Crippen molar-refractivity contribution in [3.8, 4) is 16.4 Å². The number of hydrogen-bond acceptors (Lipinski definition) is 5. The molecule has 7 heteroatoms. The average Bonchev–Trinajstić information content (AvgIpc) is 3.45. The smallest absolute Gasteiger partial charge is 0.230 e. The van der Waals surface area contributed by atoms with Crippen molar-refractivity contribution in [2.75, 3.05) is 5.32 Å². The molecule has 0 radical (unpaired) electrons. The number of anilines is 1. The van der Waals surface area contributed by atoms with E-state index in [1.54, 1.807) is 16.0 Å². The molecule has 146 valence electrons. The number of carbonyl (C=O) groups is 1. The fraction of sp³-hybridized carbons (Fsp3) is 0.0435. The van der Waals surface area contributed by atoms with E-state index in [1.165, 1.54) is 0 Å². The van der Waals surface area contributed by atoms with Crippen LogP contribution in [0.15, 0.2) is 84.4 Å². The predicted octanol–water partition coefficient (Wildman–Crippen LogP) is 4.73. The Kier molecular flexibility index (Phi) is 4.78. The molecule has 0 atom stereocenters. The summed E-state index contributed by atoms with van der Waals surface area (Å²) in [6, 6.07) is 23.3. The molecule has 0 bridgehead atoms. The van der Waals surface area contributed by atoms with Crippen LogP contribution in [0.1, 0.15) is 5.56 Å². The third-order valence-electron chi connectivity index (χ3n) is 4.59. The highest BCUT2D eigenvalue weighted by Crippen LogP contribution is 2.27. The number of benzene rings is 2. The summed E-state index contributed by atoms with van der Waals surface area (Å²) >= 11 is 1.55. The van der Waals surface area contributed by atoms with Gasteiger partial charge in [-0.1, -0.05) is 54.6 Å². The van der Waals surface area contributed by atoms with Gasteiger partial charge >= 0.3 is 0 Å². The summed E-state index contributed by atoms with van der Waals surface area (Å²) in [6.45, 7) is 0. The van der Waals surface area contributed by atoms with Gasteiger partial charge in [0, 0.05) is 0 Å². The number of fused-ring (bicyclic) bond motifs is 1. The largest absolute Gasteiger partial charge is 0.308 e. The molecule has 3 aromatic heterocycles. The lowest BCUT2D eigenvalue weighted by Gasteiger charge is -2.07. The van der Waals surface area contributed by atoms with Crippen LogP contribution in [0.5, 0.6) is 0 Å². The lowest BCUT2D eigenvalue weighted by Crippen LogP contribution is -2.16. The van der Waals surface area contributed by atoms with Crippen LogP contribution in [0.3, 0.4) is 0 Å². The molecule has 3 heterocycles. The Hall–Kier alpha value is -3.84. The zero-order valence-corrected chi connectivity index (χ0v) is 16.7. The molecule has 0 unspecified atom stereocenters. The predicted molar refractivity (Wildman–Crippen MR) is 119 cm³/mol. The Morgan fingerprint density at radius 3 is 2.43 bits per heavy atom.